The Morgan fingerprint density at radius 3 is 2.36 bits per heavy atom. The maximum atomic E-state index is 12.6. The van der Waals surface area contributed by atoms with E-state index in [1.54, 1.807) is 18.2 Å². The third-order valence-electron chi connectivity index (χ3n) is 3.35. The van der Waals surface area contributed by atoms with Gasteiger partial charge in [0.1, 0.15) is 11.3 Å². The first-order chi connectivity index (χ1) is 10.4. The van der Waals surface area contributed by atoms with Crippen LogP contribution in [0.1, 0.15) is 5.56 Å². The second-order valence-electron chi connectivity index (χ2n) is 4.66. The zero-order valence-corrected chi connectivity index (χ0v) is 11.4. The van der Waals surface area contributed by atoms with Crippen LogP contribution in [0.5, 0.6) is 5.75 Å². The molecule has 0 spiro atoms. The number of nitrogens with one attached hydrogen (secondary N) is 1. The topological polar surface area (TPSA) is 47.0 Å². The van der Waals surface area contributed by atoms with Gasteiger partial charge in [-0.05, 0) is 36.4 Å². The first-order valence-corrected chi connectivity index (χ1v) is 6.37. The van der Waals surface area contributed by atoms with Crippen molar-refractivity contribution in [3.63, 3.8) is 0 Å². The molecule has 7 heteroatoms. The van der Waals surface area contributed by atoms with Crippen LogP contribution in [0.3, 0.4) is 0 Å². The molecule has 0 aliphatic heterocycles. The lowest BCUT2D eigenvalue weighted by Crippen LogP contribution is -2.15. The van der Waals surface area contributed by atoms with E-state index >= 15 is 0 Å². The van der Waals surface area contributed by atoms with Crippen molar-refractivity contribution in [2.24, 2.45) is 0 Å². The van der Waals surface area contributed by atoms with Crippen molar-refractivity contribution >= 4 is 11.0 Å². The van der Waals surface area contributed by atoms with Crippen LogP contribution >= 0.6 is 0 Å². The molecule has 0 aliphatic carbocycles. The van der Waals surface area contributed by atoms with E-state index in [9.17, 15) is 18.0 Å². The first-order valence-electron chi connectivity index (χ1n) is 6.37. The highest BCUT2D eigenvalue weighted by atomic mass is 19.4. The fourth-order valence-corrected chi connectivity index (χ4v) is 2.33. The summed E-state index contributed by atoms with van der Waals surface area (Å²) in [4.78, 5) is 14.8. The van der Waals surface area contributed by atoms with Gasteiger partial charge in [0.15, 0.2) is 0 Å². The Labute approximate surface area is 122 Å². The van der Waals surface area contributed by atoms with Crippen molar-refractivity contribution < 1.29 is 17.9 Å². The molecule has 2 aromatic carbocycles. The highest BCUT2D eigenvalue weighted by Gasteiger charge is 2.30. The molecule has 0 unspecified atom stereocenters. The zero-order chi connectivity index (χ0) is 15.9. The molecule has 4 nitrogen and oxygen atoms in total. The molecule has 22 heavy (non-hydrogen) atoms. The average molecular weight is 308 g/mol. The summed E-state index contributed by atoms with van der Waals surface area (Å²) in [5.74, 6) is 0.486. The fraction of sp³-hybridized carbons (Fsp3) is 0.133. The Balaban J connectivity index is 2.18. The van der Waals surface area contributed by atoms with Crippen LogP contribution in [0.25, 0.3) is 16.7 Å². The molecule has 0 amide bonds. The largest absolute Gasteiger partial charge is 0.494 e. The molecule has 0 atom stereocenters. The Morgan fingerprint density at radius 1 is 1.09 bits per heavy atom. The molecule has 0 bridgehead atoms. The van der Waals surface area contributed by atoms with Gasteiger partial charge in [0.05, 0.1) is 23.9 Å². The van der Waals surface area contributed by atoms with Crippen LogP contribution in [0, 0.1) is 0 Å². The quantitative estimate of drug-likeness (QED) is 0.789. The van der Waals surface area contributed by atoms with Gasteiger partial charge < -0.3 is 9.72 Å². The highest BCUT2D eigenvalue weighted by Crippen LogP contribution is 2.30. The second-order valence-corrected chi connectivity index (χ2v) is 4.66. The number of hydrogen-bond donors (Lipinski definition) is 1. The minimum absolute atomic E-state index is 0.345. The standard InChI is InChI=1S/C15H11F3N2O2/c1-22-12-4-2-3-11-13(12)19-14(21)20(11)10-7-5-9(6-8-10)15(16,17)18/h2-8H,1H3,(H,19,21). The maximum absolute atomic E-state index is 12.6. The van der Waals surface area contributed by atoms with E-state index in [2.05, 4.69) is 4.98 Å². The van der Waals surface area contributed by atoms with Gasteiger partial charge in [0.25, 0.3) is 0 Å². The number of halogens is 3. The third-order valence-corrected chi connectivity index (χ3v) is 3.35. The molecule has 3 aromatic rings. The summed E-state index contributed by atoms with van der Waals surface area (Å²) in [5.41, 5.74) is 0.164. The fourth-order valence-electron chi connectivity index (χ4n) is 2.33. The van der Waals surface area contributed by atoms with Gasteiger partial charge in [-0.1, -0.05) is 6.07 Å². The predicted octanol–water partition coefficient (Wildman–Crippen LogP) is 3.35. The Hall–Kier alpha value is -2.70. The number of alkyl halides is 3. The number of ether oxygens (including phenoxy) is 1. The molecular formula is C15H11F3N2O2. The van der Waals surface area contributed by atoms with E-state index in [4.69, 9.17) is 4.74 Å². The summed E-state index contributed by atoms with van der Waals surface area (Å²) in [6.07, 6.45) is -4.41. The molecule has 1 aromatic heterocycles. The van der Waals surface area contributed by atoms with Crippen LogP contribution in [0.2, 0.25) is 0 Å². The molecule has 0 saturated heterocycles. The molecule has 0 saturated carbocycles. The number of imidazole rings is 1. The number of fused-ring (bicyclic) bond motifs is 1. The van der Waals surface area contributed by atoms with Crippen molar-refractivity contribution in [3.8, 4) is 11.4 Å². The SMILES string of the molecule is COc1cccc2c1[nH]c(=O)n2-c1ccc(C(F)(F)F)cc1. The van der Waals surface area contributed by atoms with E-state index in [1.807, 2.05) is 0 Å². The minimum atomic E-state index is -4.41. The van der Waals surface area contributed by atoms with E-state index < -0.39 is 17.4 Å². The van der Waals surface area contributed by atoms with E-state index in [-0.39, 0.29) is 0 Å². The van der Waals surface area contributed by atoms with Gasteiger partial charge in [-0.3, -0.25) is 4.57 Å². The van der Waals surface area contributed by atoms with Gasteiger partial charge in [-0.15, -0.1) is 0 Å². The van der Waals surface area contributed by atoms with Crippen molar-refractivity contribution in [1.82, 2.24) is 9.55 Å². The number of aromatic nitrogens is 2. The van der Waals surface area contributed by atoms with Gasteiger partial charge in [0, 0.05) is 0 Å². The summed E-state index contributed by atoms with van der Waals surface area (Å²) >= 11 is 0. The Bertz CT molecular complexity index is 876. The Morgan fingerprint density at radius 2 is 1.77 bits per heavy atom. The molecule has 0 aliphatic rings. The summed E-state index contributed by atoms with van der Waals surface area (Å²) in [7, 11) is 1.47. The van der Waals surface area contributed by atoms with Crippen LogP contribution in [-0.2, 0) is 6.18 Å². The first kappa shape index (κ1) is 14.2. The molecule has 1 heterocycles. The number of benzene rings is 2. The summed E-state index contributed by atoms with van der Waals surface area (Å²) in [5, 5.41) is 0. The third kappa shape index (κ3) is 2.24. The number of rotatable bonds is 2. The number of para-hydroxylation sites is 1. The number of aromatic amines is 1. The minimum Gasteiger partial charge on any atom is -0.494 e. The number of nitrogens with zero attached hydrogens (tertiary/aromatic N) is 1. The normalized spacial score (nSPS) is 11.8. The lowest BCUT2D eigenvalue weighted by atomic mass is 10.2. The molecule has 0 fully saturated rings. The van der Waals surface area contributed by atoms with Crippen molar-refractivity contribution in [3.05, 3.63) is 58.5 Å². The molecule has 3 rings (SSSR count). The summed E-state index contributed by atoms with van der Waals surface area (Å²) in [6, 6.07) is 9.49. The van der Waals surface area contributed by atoms with E-state index in [1.165, 1.54) is 23.8 Å². The summed E-state index contributed by atoms with van der Waals surface area (Å²) in [6.45, 7) is 0. The number of hydrogen-bond acceptors (Lipinski definition) is 2. The average Bonchev–Trinajstić information content (AvgIpc) is 2.82. The number of methoxy groups -OCH3 is 1. The lowest BCUT2D eigenvalue weighted by Gasteiger charge is -2.08. The Kier molecular flexibility index (Phi) is 3.20. The van der Waals surface area contributed by atoms with Gasteiger partial charge >= 0.3 is 11.9 Å². The lowest BCUT2D eigenvalue weighted by molar-refractivity contribution is -0.137. The van der Waals surface area contributed by atoms with Gasteiger partial charge in [-0.25, -0.2) is 4.79 Å². The summed E-state index contributed by atoms with van der Waals surface area (Å²) < 4.78 is 44.3. The molecule has 114 valence electrons. The molecule has 1 N–H and O–H groups in total. The zero-order valence-electron chi connectivity index (χ0n) is 11.4. The van der Waals surface area contributed by atoms with Crippen LogP contribution in [-0.4, -0.2) is 16.7 Å². The van der Waals surface area contributed by atoms with Crippen LogP contribution in [0.15, 0.2) is 47.3 Å². The van der Waals surface area contributed by atoms with Crippen molar-refractivity contribution in [2.45, 2.75) is 6.18 Å². The molecule has 0 radical (unpaired) electrons. The monoisotopic (exact) mass is 308 g/mol. The predicted molar refractivity (Wildman–Crippen MR) is 75.4 cm³/mol. The maximum Gasteiger partial charge on any atom is 0.416 e. The van der Waals surface area contributed by atoms with Gasteiger partial charge in [0.2, 0.25) is 0 Å². The number of H-pyrrole nitrogens is 1. The highest BCUT2D eigenvalue weighted by molar-refractivity contribution is 5.83. The van der Waals surface area contributed by atoms with Crippen LogP contribution < -0.4 is 10.4 Å². The smallest absolute Gasteiger partial charge is 0.416 e. The van der Waals surface area contributed by atoms with E-state index in [0.717, 1.165) is 12.1 Å². The second kappa shape index (κ2) is 4.94. The van der Waals surface area contributed by atoms with Crippen LogP contribution in [0.4, 0.5) is 13.2 Å². The van der Waals surface area contributed by atoms with Gasteiger partial charge in [-0.2, -0.15) is 13.2 Å². The van der Waals surface area contributed by atoms with Crippen molar-refractivity contribution in [2.75, 3.05) is 7.11 Å². The van der Waals surface area contributed by atoms with E-state index in [0.29, 0.717) is 22.5 Å². The molecular weight excluding hydrogens is 297 g/mol. The van der Waals surface area contributed by atoms with Crippen molar-refractivity contribution in [1.29, 1.82) is 0 Å².